The van der Waals surface area contributed by atoms with Gasteiger partial charge in [0.1, 0.15) is 36.4 Å². The second kappa shape index (κ2) is 34.3. The highest BCUT2D eigenvalue weighted by molar-refractivity contribution is 7.86. The van der Waals surface area contributed by atoms with E-state index in [-0.39, 0.29) is 74.5 Å². The molecule has 2 heterocycles. The topological polar surface area (TPSA) is 358 Å². The van der Waals surface area contributed by atoms with Crippen molar-refractivity contribution in [2.24, 2.45) is 0 Å². The van der Waals surface area contributed by atoms with Crippen molar-refractivity contribution in [2.45, 2.75) is 183 Å². The Hall–Kier alpha value is -7.27. The summed E-state index contributed by atoms with van der Waals surface area (Å²) >= 11 is 0. The van der Waals surface area contributed by atoms with E-state index < -0.39 is 79.1 Å². The van der Waals surface area contributed by atoms with Crippen molar-refractivity contribution in [2.75, 3.05) is 63.8 Å². The molecule has 0 aromatic heterocycles. The molecule has 5 atom stereocenters. The van der Waals surface area contributed by atoms with E-state index in [9.17, 15) is 65.2 Å². The maximum Gasteiger partial charge on any atom is 0.326 e. The third-order valence-electron chi connectivity index (χ3n) is 18.4. The summed E-state index contributed by atoms with van der Waals surface area (Å²) < 4.78 is 90.4. The average molecular weight is 1370 g/mol. The number of carbonyl (C=O) groups excluding carboxylic acids is 2. The first kappa shape index (κ1) is 76.1. The minimum atomic E-state index is -4.46. The smallest absolute Gasteiger partial charge is 0.326 e. The number of rotatable bonds is 38. The molecule has 4 aliphatic rings. The first-order valence-corrected chi connectivity index (χ1v) is 35.9. The number of anilines is 1. The fourth-order valence-electron chi connectivity index (χ4n) is 12.9. The number of hydrogen-bond acceptors (Lipinski definition) is 16. The minimum Gasteiger partial charge on any atom is -0.481 e. The van der Waals surface area contributed by atoms with Gasteiger partial charge in [0, 0.05) is 61.7 Å². The normalized spacial score (nSPS) is 20.6. The van der Waals surface area contributed by atoms with E-state index in [1.807, 2.05) is 31.2 Å². The highest BCUT2D eigenvalue weighted by Gasteiger charge is 2.43. The zero-order valence-corrected chi connectivity index (χ0v) is 57.4. The van der Waals surface area contributed by atoms with Gasteiger partial charge < -0.3 is 59.8 Å². The number of nitrogens with one attached hydrogen (secondary N) is 3. The number of carbonyl (C=O) groups is 5. The van der Waals surface area contributed by atoms with Crippen molar-refractivity contribution in [3.05, 3.63) is 148 Å². The van der Waals surface area contributed by atoms with Gasteiger partial charge in [0.25, 0.3) is 20.2 Å². The van der Waals surface area contributed by atoms with Crippen molar-refractivity contribution in [3.8, 4) is 5.75 Å². The second-order valence-corrected chi connectivity index (χ2v) is 29.0. The Balaban J connectivity index is 0.901. The fourth-order valence-corrected chi connectivity index (χ4v) is 14.0. The molecule has 2 aliphatic heterocycles. The fraction of sp³-hybridized carbons (Fsp3) is 0.529. The highest BCUT2D eigenvalue weighted by Crippen LogP contribution is 2.49. The third-order valence-corrected chi connectivity index (χ3v) is 20.1. The van der Waals surface area contributed by atoms with Crippen molar-refractivity contribution in [3.63, 3.8) is 0 Å². The summed E-state index contributed by atoms with van der Waals surface area (Å²) in [6.07, 6.45) is 15.5. The molecular formula is C70H95N5O19S2. The maximum absolute atomic E-state index is 12.9. The number of amides is 3. The lowest BCUT2D eigenvalue weighted by Crippen LogP contribution is -2.52. The summed E-state index contributed by atoms with van der Waals surface area (Å²) in [5.41, 5.74) is 6.93. The molecule has 3 aromatic carbocycles. The van der Waals surface area contributed by atoms with E-state index in [0.717, 1.165) is 94.4 Å². The Kier molecular flexibility index (Phi) is 27.2. The van der Waals surface area contributed by atoms with Crippen LogP contribution in [0.1, 0.15) is 148 Å². The molecule has 1 fully saturated rings. The van der Waals surface area contributed by atoms with Crippen LogP contribution in [-0.4, -0.2) is 170 Å². The molecule has 24 nitrogen and oxygen atoms in total. The molecule has 5 unspecified atom stereocenters. The average Bonchev–Trinajstić information content (AvgIpc) is 1.60. The first-order chi connectivity index (χ1) is 45.4. The van der Waals surface area contributed by atoms with E-state index in [1.54, 1.807) is 0 Å². The number of ether oxygens (including phenoxy) is 4. The van der Waals surface area contributed by atoms with Crippen molar-refractivity contribution in [1.29, 1.82) is 0 Å². The Morgan fingerprint density at radius 3 is 2.18 bits per heavy atom. The number of urea groups is 1. The van der Waals surface area contributed by atoms with Crippen LogP contribution in [0, 0.1) is 0 Å². The van der Waals surface area contributed by atoms with E-state index in [0.29, 0.717) is 76.2 Å². The highest BCUT2D eigenvalue weighted by atomic mass is 32.2. The lowest BCUT2D eigenvalue weighted by Gasteiger charge is -2.32. The van der Waals surface area contributed by atoms with Crippen LogP contribution in [-0.2, 0) is 70.9 Å². The van der Waals surface area contributed by atoms with Gasteiger partial charge in [-0.25, -0.2) is 14.4 Å². The number of hydrogen-bond donors (Lipinski definition) is 9. The lowest BCUT2D eigenvalue weighted by molar-refractivity contribution is -0.143. The monoisotopic (exact) mass is 1370 g/mol. The molecule has 26 heteroatoms. The number of epoxide rings is 1. The van der Waals surface area contributed by atoms with Crippen LogP contribution in [0.2, 0.25) is 0 Å². The third kappa shape index (κ3) is 21.4. The van der Waals surface area contributed by atoms with Gasteiger partial charge in [-0.15, -0.1) is 0 Å². The molecular weight excluding hydrogens is 1280 g/mol. The molecule has 3 amide bonds. The predicted molar refractivity (Wildman–Crippen MR) is 361 cm³/mol. The number of unbranched alkanes of at least 4 members (excludes halogenated alkanes) is 4. The predicted octanol–water partition coefficient (Wildman–Crippen LogP) is 9.16. The molecule has 2 aliphatic carbocycles. The molecule has 0 bridgehead atoms. The summed E-state index contributed by atoms with van der Waals surface area (Å²) in [7, 11) is -7.43. The van der Waals surface area contributed by atoms with Gasteiger partial charge in [-0.1, -0.05) is 108 Å². The summed E-state index contributed by atoms with van der Waals surface area (Å²) in [6, 6.07) is 18.3. The zero-order valence-electron chi connectivity index (χ0n) is 55.7. The SMILES string of the molecule is CC1=C(C=CC2=C(Oc3ccc(S(=O)(=O)O)cc3)C(=CC=C3N(CCCCS(=O)(=O)O)c4ccccc4C3(C)C)CCC2)C(C)(C)c2ccccc2CC1(O)CCCCCC1OC1NCCOCCOCC(=O)NCCCCC(NC(=O)N(C)C(CCC(=O)O)C(=O)O)C(=O)O. The van der Waals surface area contributed by atoms with Crippen molar-refractivity contribution >= 4 is 55.8 Å². The number of para-hydroxylation sites is 1. The van der Waals surface area contributed by atoms with E-state index in [1.165, 1.54) is 24.3 Å². The van der Waals surface area contributed by atoms with Crippen LogP contribution in [0.5, 0.6) is 5.75 Å². The number of carboxylic acid groups (broad SMARTS) is 3. The molecule has 1 saturated heterocycles. The van der Waals surface area contributed by atoms with Crippen LogP contribution in [0.3, 0.4) is 0 Å². The van der Waals surface area contributed by atoms with Gasteiger partial charge in [0.2, 0.25) is 5.91 Å². The molecule has 0 spiro atoms. The second-order valence-electron chi connectivity index (χ2n) is 26.0. The molecule has 0 radical (unpaired) electrons. The van der Waals surface area contributed by atoms with E-state index in [2.05, 4.69) is 97.1 Å². The van der Waals surface area contributed by atoms with Crippen LogP contribution in [0.15, 0.2) is 136 Å². The van der Waals surface area contributed by atoms with Gasteiger partial charge >= 0.3 is 23.9 Å². The Bertz CT molecular complexity index is 3640. The van der Waals surface area contributed by atoms with E-state index in [4.69, 9.17) is 24.1 Å². The molecule has 9 N–H and O–H groups in total. The Morgan fingerprint density at radius 1 is 0.771 bits per heavy atom. The summed E-state index contributed by atoms with van der Waals surface area (Å²) in [5.74, 6) is -3.71. The van der Waals surface area contributed by atoms with Crippen LogP contribution in [0.4, 0.5) is 10.5 Å². The quantitative estimate of drug-likeness (QED) is 0.0147. The standard InChI is InChI=1S/C70H95N5O19S2/c1-47-53(33-27-48-20-18-21-49(63(48)93-51-29-31-52(32-30-51)96(88,89)90)28-35-60-69(4,5)55-23-11-12-25-57(55)75(60)40-16-17-44-95(85,86)87)68(2,3)54-22-10-9-19-50(54)45-70(47,84)37-14-7-8-26-59-64(94-59)72-39-41-91-42-43-92-46-61(76)71-38-15-13-24-56(65(79)80)73-67(83)74(6)58(66(81)82)34-36-62(77)78/h9-12,19,22-23,25,27-33,35,56,58-59,64,72,84H,7-8,13-18,20-21,24,26,34,36-46H2,1-6H3,(H,71,76)(H,73,83)(H,77,78)(H,79,80)(H,81,82)(H,85,86,87)(H,88,89,90). The number of aliphatic carboxylic acids is 3. The van der Waals surface area contributed by atoms with Gasteiger partial charge in [-0.05, 0) is 153 Å². The van der Waals surface area contributed by atoms with Crippen molar-refractivity contribution < 1.29 is 89.3 Å². The maximum atomic E-state index is 12.9. The number of likely N-dealkylation sites (N-methyl/N-ethyl adjacent to an activating group) is 1. The molecule has 96 heavy (non-hydrogen) atoms. The number of aliphatic hydroxyl groups is 1. The summed E-state index contributed by atoms with van der Waals surface area (Å²) in [5, 5.41) is 49.2. The van der Waals surface area contributed by atoms with Gasteiger partial charge in [0.15, 0.2) is 0 Å². The number of allylic oxidation sites excluding steroid dienone is 8. The minimum absolute atomic E-state index is 0.00236. The largest absolute Gasteiger partial charge is 0.481 e. The van der Waals surface area contributed by atoms with Gasteiger partial charge in [-0.2, -0.15) is 16.8 Å². The number of benzene rings is 3. The van der Waals surface area contributed by atoms with Crippen LogP contribution < -0.4 is 25.6 Å². The van der Waals surface area contributed by atoms with Gasteiger partial charge in [-0.3, -0.25) is 24.0 Å². The van der Waals surface area contributed by atoms with E-state index >= 15 is 0 Å². The van der Waals surface area contributed by atoms with Crippen molar-refractivity contribution in [1.82, 2.24) is 20.9 Å². The molecule has 7 rings (SSSR count). The summed E-state index contributed by atoms with van der Waals surface area (Å²) in [6.45, 7) is 12.7. The Labute approximate surface area is 563 Å². The Morgan fingerprint density at radius 2 is 1.48 bits per heavy atom. The first-order valence-electron chi connectivity index (χ1n) is 32.9. The number of carboxylic acids is 3. The lowest BCUT2D eigenvalue weighted by atomic mass is 9.74. The summed E-state index contributed by atoms with van der Waals surface area (Å²) in [4.78, 5) is 61.9. The van der Waals surface area contributed by atoms with Crippen LogP contribution in [0.25, 0.3) is 0 Å². The number of fused-ring (bicyclic) bond motifs is 2. The molecule has 3 aromatic rings. The number of nitrogens with zero attached hydrogens (tertiary/aromatic N) is 2. The van der Waals surface area contributed by atoms with Crippen LogP contribution >= 0.6 is 0 Å². The molecule has 0 saturated carbocycles. The molecule has 526 valence electrons. The zero-order chi connectivity index (χ0) is 70.0. The van der Waals surface area contributed by atoms with Gasteiger partial charge in [0.05, 0.1) is 42.2 Å².